The molecule has 3 rings (SSSR count). The van der Waals surface area contributed by atoms with Gasteiger partial charge in [-0.3, -0.25) is 5.10 Å². The van der Waals surface area contributed by atoms with E-state index in [-0.39, 0.29) is 0 Å². The molecule has 0 saturated carbocycles. The molecule has 0 radical (unpaired) electrons. The highest BCUT2D eigenvalue weighted by atomic mass is 15.1. The molecule has 2 aromatic heterocycles. The number of hydrogen-bond acceptors (Lipinski definition) is 5. The van der Waals surface area contributed by atoms with E-state index in [0.29, 0.717) is 12.4 Å². The number of H-pyrrole nitrogens is 1. The largest absolute Gasteiger partial charge is 0.384 e. The number of aryl methyl sites for hydroxylation is 1. The molecule has 0 fully saturated rings. The SMILES string of the molecule is Nc1[nH]ncc1CNc1ncnc2c1CCCC2. The fourth-order valence-corrected chi connectivity index (χ4v) is 2.31. The Morgan fingerprint density at radius 2 is 2.17 bits per heavy atom. The molecule has 18 heavy (non-hydrogen) atoms. The fraction of sp³-hybridized carbons (Fsp3) is 0.417. The number of nitrogen functional groups attached to an aromatic ring is 1. The number of nitrogens with zero attached hydrogens (tertiary/aromatic N) is 3. The van der Waals surface area contributed by atoms with Gasteiger partial charge in [0.25, 0.3) is 0 Å². The second-order valence-corrected chi connectivity index (χ2v) is 4.52. The summed E-state index contributed by atoms with van der Waals surface area (Å²) in [5.41, 5.74) is 9.14. The minimum Gasteiger partial charge on any atom is -0.384 e. The van der Waals surface area contributed by atoms with Gasteiger partial charge < -0.3 is 11.1 Å². The zero-order valence-electron chi connectivity index (χ0n) is 10.1. The smallest absolute Gasteiger partial charge is 0.133 e. The Morgan fingerprint density at radius 1 is 1.28 bits per heavy atom. The van der Waals surface area contributed by atoms with Gasteiger partial charge in [-0.25, -0.2) is 9.97 Å². The molecule has 0 aliphatic heterocycles. The van der Waals surface area contributed by atoms with Gasteiger partial charge in [0.1, 0.15) is 18.0 Å². The minimum absolute atomic E-state index is 0.602. The minimum atomic E-state index is 0.602. The number of nitrogens with one attached hydrogen (secondary N) is 2. The van der Waals surface area contributed by atoms with Gasteiger partial charge in [-0.05, 0) is 25.7 Å². The third kappa shape index (κ3) is 2.01. The number of aromatic nitrogens is 4. The molecule has 94 valence electrons. The first-order valence-electron chi connectivity index (χ1n) is 6.19. The van der Waals surface area contributed by atoms with Crippen molar-refractivity contribution in [1.29, 1.82) is 0 Å². The topological polar surface area (TPSA) is 92.5 Å². The lowest BCUT2D eigenvalue weighted by atomic mass is 9.96. The molecule has 6 heteroatoms. The van der Waals surface area contributed by atoms with Crippen LogP contribution in [0.25, 0.3) is 0 Å². The van der Waals surface area contributed by atoms with Crippen LogP contribution in [0.2, 0.25) is 0 Å². The Hall–Kier alpha value is -2.11. The Labute approximate surface area is 105 Å². The van der Waals surface area contributed by atoms with Crippen molar-refractivity contribution >= 4 is 11.6 Å². The summed E-state index contributed by atoms with van der Waals surface area (Å²) in [6, 6.07) is 0. The van der Waals surface area contributed by atoms with E-state index in [1.807, 2.05) is 0 Å². The summed E-state index contributed by atoms with van der Waals surface area (Å²) < 4.78 is 0. The highest BCUT2D eigenvalue weighted by Crippen LogP contribution is 2.24. The first-order chi connectivity index (χ1) is 8.84. The van der Waals surface area contributed by atoms with E-state index in [0.717, 1.165) is 24.2 Å². The predicted molar refractivity (Wildman–Crippen MR) is 69.0 cm³/mol. The maximum Gasteiger partial charge on any atom is 0.133 e. The van der Waals surface area contributed by atoms with Crippen LogP contribution in [0.1, 0.15) is 29.7 Å². The second-order valence-electron chi connectivity index (χ2n) is 4.52. The number of hydrogen-bond donors (Lipinski definition) is 3. The van der Waals surface area contributed by atoms with Crippen LogP contribution in [0.15, 0.2) is 12.5 Å². The molecule has 6 nitrogen and oxygen atoms in total. The molecule has 2 heterocycles. The van der Waals surface area contributed by atoms with Crippen LogP contribution in [-0.2, 0) is 19.4 Å². The van der Waals surface area contributed by atoms with Crippen molar-refractivity contribution in [3.8, 4) is 0 Å². The van der Waals surface area contributed by atoms with Crippen LogP contribution in [0.3, 0.4) is 0 Å². The molecule has 0 unspecified atom stereocenters. The quantitative estimate of drug-likeness (QED) is 0.756. The number of aromatic amines is 1. The van der Waals surface area contributed by atoms with Crippen LogP contribution >= 0.6 is 0 Å². The third-order valence-electron chi connectivity index (χ3n) is 3.32. The number of anilines is 2. The normalized spacial score (nSPS) is 14.2. The van der Waals surface area contributed by atoms with Crippen molar-refractivity contribution in [1.82, 2.24) is 20.2 Å². The molecule has 4 N–H and O–H groups in total. The number of nitrogens with two attached hydrogens (primary N) is 1. The molecule has 2 aromatic rings. The Morgan fingerprint density at radius 3 is 3.00 bits per heavy atom. The lowest BCUT2D eigenvalue weighted by Gasteiger charge is -2.17. The average molecular weight is 244 g/mol. The third-order valence-corrected chi connectivity index (χ3v) is 3.32. The zero-order valence-corrected chi connectivity index (χ0v) is 10.1. The highest BCUT2D eigenvalue weighted by Gasteiger charge is 2.15. The summed E-state index contributed by atoms with van der Waals surface area (Å²) in [5.74, 6) is 1.53. The number of rotatable bonds is 3. The van der Waals surface area contributed by atoms with Crippen LogP contribution < -0.4 is 11.1 Å². The van der Waals surface area contributed by atoms with Crippen molar-refractivity contribution in [2.45, 2.75) is 32.2 Å². The molecule has 0 bridgehead atoms. The predicted octanol–water partition coefficient (Wildman–Crippen LogP) is 1.27. The van der Waals surface area contributed by atoms with Gasteiger partial charge >= 0.3 is 0 Å². The monoisotopic (exact) mass is 244 g/mol. The molecule has 1 aliphatic rings. The van der Waals surface area contributed by atoms with Gasteiger partial charge in [-0.1, -0.05) is 0 Å². The summed E-state index contributed by atoms with van der Waals surface area (Å²) in [7, 11) is 0. The van der Waals surface area contributed by atoms with Gasteiger partial charge in [-0.15, -0.1) is 0 Å². The van der Waals surface area contributed by atoms with E-state index < -0.39 is 0 Å². The molecule has 0 atom stereocenters. The Kier molecular flexibility index (Phi) is 2.84. The van der Waals surface area contributed by atoms with Gasteiger partial charge in [-0.2, -0.15) is 5.10 Å². The Balaban J connectivity index is 1.79. The first-order valence-corrected chi connectivity index (χ1v) is 6.19. The average Bonchev–Trinajstić information content (AvgIpc) is 2.82. The Bertz CT molecular complexity index is 547. The van der Waals surface area contributed by atoms with E-state index in [1.54, 1.807) is 12.5 Å². The molecule has 1 aliphatic carbocycles. The standard InChI is InChI=1S/C12H16N6/c13-11-8(6-17-18-11)5-14-12-9-3-1-2-4-10(9)15-7-16-12/h6-7H,1-5H2,(H3,13,17,18)(H,14,15,16). The summed E-state index contributed by atoms with van der Waals surface area (Å²) in [5, 5.41) is 9.95. The van der Waals surface area contributed by atoms with Gasteiger partial charge in [0.05, 0.1) is 6.20 Å². The lowest BCUT2D eigenvalue weighted by molar-refractivity contribution is 0.663. The van der Waals surface area contributed by atoms with E-state index in [2.05, 4.69) is 25.5 Å². The molecule has 0 saturated heterocycles. The van der Waals surface area contributed by atoms with Gasteiger partial charge in [0.15, 0.2) is 0 Å². The summed E-state index contributed by atoms with van der Waals surface area (Å²) in [6.07, 6.45) is 7.90. The van der Waals surface area contributed by atoms with Crippen molar-refractivity contribution in [2.24, 2.45) is 0 Å². The summed E-state index contributed by atoms with van der Waals surface area (Å²) in [4.78, 5) is 8.68. The van der Waals surface area contributed by atoms with E-state index in [1.165, 1.54) is 24.1 Å². The van der Waals surface area contributed by atoms with Gasteiger partial charge in [0, 0.05) is 23.4 Å². The fourth-order valence-electron chi connectivity index (χ4n) is 2.31. The van der Waals surface area contributed by atoms with Crippen molar-refractivity contribution in [2.75, 3.05) is 11.1 Å². The van der Waals surface area contributed by atoms with E-state index in [9.17, 15) is 0 Å². The zero-order chi connectivity index (χ0) is 12.4. The number of fused-ring (bicyclic) bond motifs is 1. The van der Waals surface area contributed by atoms with Gasteiger partial charge in [0.2, 0.25) is 0 Å². The summed E-state index contributed by atoms with van der Waals surface area (Å²) >= 11 is 0. The maximum atomic E-state index is 5.75. The first kappa shape index (κ1) is 11.0. The highest BCUT2D eigenvalue weighted by molar-refractivity contribution is 5.48. The lowest BCUT2D eigenvalue weighted by Crippen LogP contribution is -2.12. The van der Waals surface area contributed by atoms with E-state index in [4.69, 9.17) is 5.73 Å². The maximum absolute atomic E-state index is 5.75. The summed E-state index contributed by atoms with van der Waals surface area (Å²) in [6.45, 7) is 0.631. The molecular weight excluding hydrogens is 228 g/mol. The molecule has 0 spiro atoms. The van der Waals surface area contributed by atoms with Crippen molar-refractivity contribution in [3.05, 3.63) is 29.3 Å². The van der Waals surface area contributed by atoms with Crippen LogP contribution in [0, 0.1) is 0 Å². The molecule has 0 amide bonds. The molecular formula is C12H16N6. The van der Waals surface area contributed by atoms with Crippen molar-refractivity contribution < 1.29 is 0 Å². The second kappa shape index (κ2) is 4.64. The van der Waals surface area contributed by atoms with Crippen LogP contribution in [-0.4, -0.2) is 20.2 Å². The van der Waals surface area contributed by atoms with Crippen molar-refractivity contribution in [3.63, 3.8) is 0 Å². The van der Waals surface area contributed by atoms with E-state index >= 15 is 0 Å². The molecule has 0 aromatic carbocycles. The van der Waals surface area contributed by atoms with Crippen LogP contribution in [0.4, 0.5) is 11.6 Å². The van der Waals surface area contributed by atoms with Crippen LogP contribution in [0.5, 0.6) is 0 Å².